The van der Waals surface area contributed by atoms with E-state index in [4.69, 9.17) is 21.7 Å². The molecule has 140 valence electrons. The Hall–Kier alpha value is -2.86. The van der Waals surface area contributed by atoms with Crippen LogP contribution >= 0.6 is 12.2 Å². The van der Waals surface area contributed by atoms with E-state index in [2.05, 4.69) is 0 Å². The predicted octanol–water partition coefficient (Wildman–Crippen LogP) is 4.09. The Bertz CT molecular complexity index is 877. The summed E-state index contributed by atoms with van der Waals surface area (Å²) in [6.45, 7) is 5.01. The number of likely N-dealkylation sites (N-methyl/N-ethyl adjacent to an activating group) is 1. The fourth-order valence-corrected chi connectivity index (χ4v) is 3.16. The van der Waals surface area contributed by atoms with E-state index in [0.29, 0.717) is 29.7 Å². The van der Waals surface area contributed by atoms with Crippen molar-refractivity contribution in [2.45, 2.75) is 13.8 Å². The third-order valence-corrected chi connectivity index (χ3v) is 4.64. The van der Waals surface area contributed by atoms with Gasteiger partial charge in [0, 0.05) is 12.6 Å². The lowest BCUT2D eigenvalue weighted by Gasteiger charge is -2.16. The third kappa shape index (κ3) is 3.80. The molecule has 0 spiro atoms. The first-order valence-corrected chi connectivity index (χ1v) is 9.26. The monoisotopic (exact) mass is 382 g/mol. The van der Waals surface area contributed by atoms with E-state index in [0.717, 1.165) is 17.1 Å². The Balaban J connectivity index is 1.93. The zero-order valence-corrected chi connectivity index (χ0v) is 16.5. The lowest BCUT2D eigenvalue weighted by atomic mass is 10.1. The van der Waals surface area contributed by atoms with Crippen LogP contribution in [0.5, 0.6) is 11.5 Å². The number of para-hydroxylation sites is 1. The minimum Gasteiger partial charge on any atom is -0.494 e. The summed E-state index contributed by atoms with van der Waals surface area (Å²) in [5.41, 5.74) is 2.05. The normalized spacial score (nSPS) is 15.6. The van der Waals surface area contributed by atoms with Crippen LogP contribution in [0, 0.1) is 0 Å². The molecule has 2 aromatic rings. The molecule has 6 heteroatoms. The fraction of sp³-hybridized carbons (Fsp3) is 0.238. The summed E-state index contributed by atoms with van der Waals surface area (Å²) in [7, 11) is 1.80. The average molecular weight is 382 g/mol. The van der Waals surface area contributed by atoms with Crippen LogP contribution < -0.4 is 14.4 Å². The van der Waals surface area contributed by atoms with Crippen LogP contribution in [0.1, 0.15) is 19.4 Å². The van der Waals surface area contributed by atoms with Crippen LogP contribution in [0.25, 0.3) is 6.08 Å². The molecule has 1 saturated heterocycles. The first kappa shape index (κ1) is 18.9. The highest BCUT2D eigenvalue weighted by Crippen LogP contribution is 2.30. The number of hydrogen-bond donors (Lipinski definition) is 0. The summed E-state index contributed by atoms with van der Waals surface area (Å²) in [6.07, 6.45) is 1.81. The van der Waals surface area contributed by atoms with Gasteiger partial charge < -0.3 is 14.4 Å². The predicted molar refractivity (Wildman–Crippen MR) is 111 cm³/mol. The molecule has 27 heavy (non-hydrogen) atoms. The first-order chi connectivity index (χ1) is 13.1. The highest BCUT2D eigenvalue weighted by molar-refractivity contribution is 7.80. The van der Waals surface area contributed by atoms with E-state index in [1.807, 2.05) is 68.5 Å². The molecule has 5 nitrogen and oxygen atoms in total. The summed E-state index contributed by atoms with van der Waals surface area (Å²) in [5, 5.41) is 0.435. The van der Waals surface area contributed by atoms with Crippen LogP contribution in [0.15, 0.2) is 54.2 Å². The quantitative estimate of drug-likeness (QED) is 0.556. The van der Waals surface area contributed by atoms with Gasteiger partial charge in [0.1, 0.15) is 17.2 Å². The number of benzene rings is 2. The molecule has 0 saturated carbocycles. The Morgan fingerprint density at radius 2 is 1.67 bits per heavy atom. The van der Waals surface area contributed by atoms with Gasteiger partial charge in [-0.15, -0.1) is 0 Å². The molecule has 0 aromatic heterocycles. The lowest BCUT2D eigenvalue weighted by Crippen LogP contribution is -2.31. The van der Waals surface area contributed by atoms with Gasteiger partial charge in [-0.1, -0.05) is 18.2 Å². The van der Waals surface area contributed by atoms with Crippen LogP contribution in [-0.2, 0) is 4.79 Å². The maximum atomic E-state index is 13.1. The van der Waals surface area contributed by atoms with Gasteiger partial charge in [-0.3, -0.25) is 9.69 Å². The van der Waals surface area contributed by atoms with Crippen LogP contribution in [0.4, 0.5) is 5.69 Å². The molecule has 1 aliphatic heterocycles. The Morgan fingerprint density at radius 1 is 1.00 bits per heavy atom. The number of ether oxygens (including phenoxy) is 2. The maximum absolute atomic E-state index is 13.1. The number of thiocarbonyl (C=S) groups is 1. The first-order valence-electron chi connectivity index (χ1n) is 8.85. The smallest absolute Gasteiger partial charge is 0.281 e. The van der Waals surface area contributed by atoms with Gasteiger partial charge in [-0.25, -0.2) is 0 Å². The van der Waals surface area contributed by atoms with Gasteiger partial charge in [0.2, 0.25) is 0 Å². The van der Waals surface area contributed by atoms with Gasteiger partial charge in [0.05, 0.1) is 18.9 Å². The largest absolute Gasteiger partial charge is 0.494 e. The number of amides is 1. The summed E-state index contributed by atoms with van der Waals surface area (Å²) in [4.78, 5) is 16.3. The molecule has 0 radical (unpaired) electrons. The average Bonchev–Trinajstić information content (AvgIpc) is 2.88. The van der Waals surface area contributed by atoms with Crippen molar-refractivity contribution in [1.29, 1.82) is 0 Å². The van der Waals surface area contributed by atoms with Crippen LogP contribution in [0.3, 0.4) is 0 Å². The van der Waals surface area contributed by atoms with Gasteiger partial charge in [0.15, 0.2) is 5.11 Å². The van der Waals surface area contributed by atoms with Crippen molar-refractivity contribution in [2.75, 3.05) is 25.2 Å². The summed E-state index contributed by atoms with van der Waals surface area (Å²) in [5.74, 6) is 1.32. The van der Waals surface area contributed by atoms with Gasteiger partial charge in [0.25, 0.3) is 5.91 Å². The molecule has 0 unspecified atom stereocenters. The van der Waals surface area contributed by atoms with Crippen molar-refractivity contribution >= 4 is 35.0 Å². The molecule has 1 amide bonds. The van der Waals surface area contributed by atoms with E-state index < -0.39 is 0 Å². The number of anilines is 1. The second-order valence-electron chi connectivity index (χ2n) is 5.91. The fourth-order valence-electron chi connectivity index (χ4n) is 2.88. The van der Waals surface area contributed by atoms with Crippen molar-refractivity contribution in [1.82, 2.24) is 4.90 Å². The van der Waals surface area contributed by atoms with Gasteiger partial charge >= 0.3 is 0 Å². The molecular formula is C21H22N2O3S. The number of carbonyl (C=O) groups excluding carboxylic acids is 1. The zero-order chi connectivity index (χ0) is 19.4. The standard InChI is InChI=1S/C21H22N2O3S/c1-4-25-17-12-10-16(11-13-17)23-20(24)18(22(3)21(23)27)14-15-8-6-7-9-19(15)26-5-2/h6-14H,4-5H2,1-3H3/b18-14+. The highest BCUT2D eigenvalue weighted by Gasteiger charge is 2.36. The van der Waals surface area contributed by atoms with E-state index >= 15 is 0 Å². The number of nitrogens with zero attached hydrogens (tertiary/aromatic N) is 2. The van der Waals surface area contributed by atoms with E-state index in [1.54, 1.807) is 11.9 Å². The molecule has 1 fully saturated rings. The number of hydrogen-bond acceptors (Lipinski definition) is 4. The molecule has 0 N–H and O–H groups in total. The van der Waals surface area contributed by atoms with Gasteiger partial charge in [-0.05, 0) is 62.5 Å². The van der Waals surface area contributed by atoms with Crippen molar-refractivity contribution in [3.8, 4) is 11.5 Å². The molecule has 1 heterocycles. The molecule has 2 aromatic carbocycles. The second kappa shape index (κ2) is 8.22. The zero-order valence-electron chi connectivity index (χ0n) is 15.6. The number of carbonyl (C=O) groups is 1. The minimum absolute atomic E-state index is 0.169. The van der Waals surface area contributed by atoms with E-state index in [-0.39, 0.29) is 5.91 Å². The summed E-state index contributed by atoms with van der Waals surface area (Å²) in [6, 6.07) is 15.0. The van der Waals surface area contributed by atoms with Crippen LogP contribution in [0.2, 0.25) is 0 Å². The SMILES string of the molecule is CCOc1ccc(N2C(=O)/C(=C\c3ccccc3OCC)N(C)C2=S)cc1. The van der Waals surface area contributed by atoms with Crippen molar-refractivity contribution < 1.29 is 14.3 Å². The third-order valence-electron chi connectivity index (χ3n) is 4.18. The molecular weight excluding hydrogens is 360 g/mol. The molecule has 1 aliphatic rings. The Labute approximate surface area is 164 Å². The maximum Gasteiger partial charge on any atom is 0.281 e. The lowest BCUT2D eigenvalue weighted by molar-refractivity contribution is -0.114. The molecule has 0 bridgehead atoms. The summed E-state index contributed by atoms with van der Waals surface area (Å²) < 4.78 is 11.1. The highest BCUT2D eigenvalue weighted by atomic mass is 32.1. The Kier molecular flexibility index (Phi) is 5.76. The van der Waals surface area contributed by atoms with Crippen molar-refractivity contribution in [3.63, 3.8) is 0 Å². The molecule has 0 aliphatic carbocycles. The van der Waals surface area contributed by atoms with Gasteiger partial charge in [-0.2, -0.15) is 0 Å². The van der Waals surface area contributed by atoms with E-state index in [1.165, 1.54) is 4.90 Å². The second-order valence-corrected chi connectivity index (χ2v) is 6.27. The Morgan fingerprint density at radius 3 is 2.33 bits per heavy atom. The van der Waals surface area contributed by atoms with E-state index in [9.17, 15) is 4.79 Å². The summed E-state index contributed by atoms with van der Waals surface area (Å²) >= 11 is 5.51. The van der Waals surface area contributed by atoms with Crippen LogP contribution in [-0.4, -0.2) is 36.2 Å². The molecule has 0 atom stereocenters. The topological polar surface area (TPSA) is 42.0 Å². The molecule has 3 rings (SSSR count). The van der Waals surface area contributed by atoms with Crippen molar-refractivity contribution in [3.05, 3.63) is 59.8 Å². The number of rotatable bonds is 6. The minimum atomic E-state index is -0.169. The van der Waals surface area contributed by atoms with Crippen molar-refractivity contribution in [2.24, 2.45) is 0 Å².